The fourth-order valence-electron chi connectivity index (χ4n) is 2.10. The summed E-state index contributed by atoms with van der Waals surface area (Å²) in [6, 6.07) is 9.39. The molecule has 112 valence electrons. The highest BCUT2D eigenvalue weighted by Gasteiger charge is 2.28. The van der Waals surface area contributed by atoms with Crippen LogP contribution in [0, 0.1) is 5.92 Å². The van der Waals surface area contributed by atoms with Gasteiger partial charge >= 0.3 is 0 Å². The van der Waals surface area contributed by atoms with Gasteiger partial charge < -0.3 is 16.8 Å². The molecule has 1 unspecified atom stereocenters. The van der Waals surface area contributed by atoms with E-state index >= 15 is 0 Å². The van der Waals surface area contributed by atoms with E-state index in [1.807, 2.05) is 31.2 Å². The average Bonchev–Trinajstić information content (AvgIpc) is 2.45. The van der Waals surface area contributed by atoms with Gasteiger partial charge in [0.25, 0.3) is 5.91 Å². The highest BCUT2D eigenvalue weighted by atomic mass is 16.1. The maximum Gasteiger partial charge on any atom is 0.252 e. The number of nitrogens with two attached hydrogens (primary N) is 2. The standard InChI is InChI=1S/C16H22N4O/c1-10(2)16(3,9-17)20-15-12(14(18)21)8-11-6-4-5-7-13(11)19-15/h4-8,10H,9,17H2,1-3H3,(H2,18,21)(H,19,20). The Morgan fingerprint density at radius 3 is 2.62 bits per heavy atom. The molecule has 0 aliphatic carbocycles. The summed E-state index contributed by atoms with van der Waals surface area (Å²) in [5, 5.41) is 4.19. The number of carbonyl (C=O) groups excluding carboxylic acids is 1. The van der Waals surface area contributed by atoms with Crippen molar-refractivity contribution in [2.24, 2.45) is 17.4 Å². The molecule has 0 fully saturated rings. The van der Waals surface area contributed by atoms with E-state index < -0.39 is 5.91 Å². The van der Waals surface area contributed by atoms with Gasteiger partial charge in [-0.05, 0) is 25.0 Å². The van der Waals surface area contributed by atoms with Gasteiger partial charge in [-0.15, -0.1) is 0 Å². The molecule has 5 N–H and O–H groups in total. The lowest BCUT2D eigenvalue weighted by Gasteiger charge is -2.34. The van der Waals surface area contributed by atoms with Gasteiger partial charge in [0.1, 0.15) is 5.82 Å². The smallest absolute Gasteiger partial charge is 0.252 e. The molecule has 21 heavy (non-hydrogen) atoms. The van der Waals surface area contributed by atoms with Gasteiger partial charge in [0.05, 0.1) is 16.6 Å². The Hall–Kier alpha value is -2.14. The van der Waals surface area contributed by atoms with E-state index in [2.05, 4.69) is 24.1 Å². The van der Waals surface area contributed by atoms with E-state index in [0.717, 1.165) is 10.9 Å². The van der Waals surface area contributed by atoms with Crippen LogP contribution in [0.3, 0.4) is 0 Å². The van der Waals surface area contributed by atoms with Gasteiger partial charge in [-0.3, -0.25) is 4.79 Å². The number of primary amides is 1. The van der Waals surface area contributed by atoms with Crippen LogP contribution < -0.4 is 16.8 Å². The number of nitrogens with one attached hydrogen (secondary N) is 1. The van der Waals surface area contributed by atoms with Gasteiger partial charge in [0, 0.05) is 11.9 Å². The van der Waals surface area contributed by atoms with Crippen molar-refractivity contribution in [3.05, 3.63) is 35.9 Å². The number of rotatable bonds is 5. The molecule has 5 nitrogen and oxygen atoms in total. The molecule has 1 atom stereocenters. The van der Waals surface area contributed by atoms with Crippen molar-refractivity contribution in [1.82, 2.24) is 4.98 Å². The Morgan fingerprint density at radius 1 is 1.38 bits per heavy atom. The number of para-hydroxylation sites is 1. The zero-order chi connectivity index (χ0) is 15.6. The molecule has 0 saturated heterocycles. The third-order valence-corrected chi connectivity index (χ3v) is 4.09. The topological polar surface area (TPSA) is 94.0 Å². The molecule has 0 aliphatic rings. The molecule has 2 aromatic rings. The lowest BCUT2D eigenvalue weighted by atomic mass is 9.88. The number of fused-ring (bicyclic) bond motifs is 1. The molecule has 0 spiro atoms. The first-order valence-electron chi connectivity index (χ1n) is 7.05. The van der Waals surface area contributed by atoms with Crippen LogP contribution in [0.4, 0.5) is 5.82 Å². The predicted molar refractivity (Wildman–Crippen MR) is 86.2 cm³/mol. The number of aromatic nitrogens is 1. The van der Waals surface area contributed by atoms with Gasteiger partial charge in [-0.25, -0.2) is 4.98 Å². The predicted octanol–water partition coefficient (Wildman–Crippen LogP) is 2.12. The van der Waals surface area contributed by atoms with E-state index in [-0.39, 0.29) is 11.5 Å². The van der Waals surface area contributed by atoms with Crippen LogP contribution in [0.2, 0.25) is 0 Å². The van der Waals surface area contributed by atoms with E-state index in [1.165, 1.54) is 0 Å². The molecule has 2 rings (SSSR count). The minimum atomic E-state index is -0.501. The van der Waals surface area contributed by atoms with Gasteiger partial charge in [0.15, 0.2) is 0 Å². The normalized spacial score (nSPS) is 14.1. The number of amides is 1. The maximum absolute atomic E-state index is 11.7. The van der Waals surface area contributed by atoms with Crippen LogP contribution in [-0.4, -0.2) is 23.0 Å². The highest BCUT2D eigenvalue weighted by molar-refractivity contribution is 6.01. The van der Waals surface area contributed by atoms with Gasteiger partial charge in [-0.2, -0.15) is 0 Å². The summed E-state index contributed by atoms with van der Waals surface area (Å²) < 4.78 is 0. The molecule has 1 aromatic carbocycles. The molecular formula is C16H22N4O. The first kappa shape index (κ1) is 15.3. The Labute approximate surface area is 124 Å². The van der Waals surface area contributed by atoms with E-state index in [4.69, 9.17) is 11.5 Å². The van der Waals surface area contributed by atoms with Gasteiger partial charge in [0.2, 0.25) is 0 Å². The van der Waals surface area contributed by atoms with Crippen LogP contribution in [0.1, 0.15) is 31.1 Å². The Kier molecular flexibility index (Phi) is 4.14. The number of benzene rings is 1. The van der Waals surface area contributed by atoms with Gasteiger partial charge in [-0.1, -0.05) is 32.0 Å². The second kappa shape index (κ2) is 5.69. The van der Waals surface area contributed by atoms with Crippen molar-refractivity contribution in [3.63, 3.8) is 0 Å². The fourth-order valence-corrected chi connectivity index (χ4v) is 2.10. The number of nitrogens with zero attached hydrogens (tertiary/aromatic N) is 1. The van der Waals surface area contributed by atoms with Crippen LogP contribution in [0.25, 0.3) is 10.9 Å². The molecule has 0 saturated carbocycles. The molecule has 0 bridgehead atoms. The summed E-state index contributed by atoms with van der Waals surface area (Å²) in [5.41, 5.74) is 12.2. The minimum Gasteiger partial charge on any atom is -0.365 e. The molecular weight excluding hydrogens is 264 g/mol. The molecule has 1 heterocycles. The minimum absolute atomic E-state index is 0.275. The van der Waals surface area contributed by atoms with Crippen LogP contribution in [0.15, 0.2) is 30.3 Å². The van der Waals surface area contributed by atoms with E-state index in [1.54, 1.807) is 6.07 Å². The lowest BCUT2D eigenvalue weighted by molar-refractivity contribution is 0.100. The summed E-state index contributed by atoms with van der Waals surface area (Å²) in [5.74, 6) is 0.262. The summed E-state index contributed by atoms with van der Waals surface area (Å²) in [6.45, 7) is 6.59. The van der Waals surface area contributed by atoms with Crippen molar-refractivity contribution in [2.45, 2.75) is 26.3 Å². The monoisotopic (exact) mass is 286 g/mol. The fraction of sp³-hybridized carbons (Fsp3) is 0.375. The van der Waals surface area contributed by atoms with Crippen LogP contribution in [0.5, 0.6) is 0 Å². The third-order valence-electron chi connectivity index (χ3n) is 4.09. The molecule has 1 aromatic heterocycles. The number of pyridine rings is 1. The molecule has 5 heteroatoms. The SMILES string of the molecule is CC(C)C(C)(CN)Nc1nc2ccccc2cc1C(N)=O. The quantitative estimate of drug-likeness (QED) is 0.784. The molecule has 0 radical (unpaired) electrons. The maximum atomic E-state index is 11.7. The van der Waals surface area contributed by atoms with Crippen molar-refractivity contribution >= 4 is 22.6 Å². The largest absolute Gasteiger partial charge is 0.365 e. The molecule has 1 amide bonds. The highest BCUT2D eigenvalue weighted by Crippen LogP contribution is 2.26. The average molecular weight is 286 g/mol. The summed E-state index contributed by atoms with van der Waals surface area (Å²) in [6.07, 6.45) is 0. The Bertz CT molecular complexity index is 668. The van der Waals surface area contributed by atoms with E-state index in [0.29, 0.717) is 17.9 Å². The second-order valence-electron chi connectivity index (χ2n) is 5.84. The number of hydrogen-bond donors (Lipinski definition) is 3. The number of anilines is 1. The first-order chi connectivity index (χ1) is 9.87. The summed E-state index contributed by atoms with van der Waals surface area (Å²) in [7, 11) is 0. The third kappa shape index (κ3) is 2.97. The summed E-state index contributed by atoms with van der Waals surface area (Å²) >= 11 is 0. The van der Waals surface area contributed by atoms with E-state index in [9.17, 15) is 4.79 Å². The zero-order valence-electron chi connectivity index (χ0n) is 12.7. The van der Waals surface area contributed by atoms with Crippen molar-refractivity contribution in [1.29, 1.82) is 0 Å². The summed E-state index contributed by atoms with van der Waals surface area (Å²) in [4.78, 5) is 16.3. The first-order valence-corrected chi connectivity index (χ1v) is 7.05. The molecule has 0 aliphatic heterocycles. The Morgan fingerprint density at radius 2 is 2.05 bits per heavy atom. The number of carbonyl (C=O) groups is 1. The van der Waals surface area contributed by atoms with Crippen LogP contribution >= 0.6 is 0 Å². The van der Waals surface area contributed by atoms with Crippen molar-refractivity contribution in [2.75, 3.05) is 11.9 Å². The zero-order valence-corrected chi connectivity index (χ0v) is 12.7. The Balaban J connectivity index is 2.56. The lowest BCUT2D eigenvalue weighted by Crippen LogP contribution is -2.47. The second-order valence-corrected chi connectivity index (χ2v) is 5.84. The number of hydrogen-bond acceptors (Lipinski definition) is 4. The van der Waals surface area contributed by atoms with Crippen LogP contribution in [-0.2, 0) is 0 Å². The van der Waals surface area contributed by atoms with Crippen molar-refractivity contribution in [3.8, 4) is 0 Å². The van der Waals surface area contributed by atoms with Crippen molar-refractivity contribution < 1.29 is 4.79 Å².